The fourth-order valence-electron chi connectivity index (χ4n) is 5.67. The Kier molecular flexibility index (Phi) is 7.22. The molecule has 0 bridgehead atoms. The van der Waals surface area contributed by atoms with E-state index in [0.717, 1.165) is 68.9 Å². The lowest BCUT2D eigenvalue weighted by Crippen LogP contribution is -2.14. The number of benzene rings is 2. The van der Waals surface area contributed by atoms with E-state index in [1.165, 1.54) is 22.7 Å². The summed E-state index contributed by atoms with van der Waals surface area (Å²) in [5, 5.41) is 28.2. The highest BCUT2D eigenvalue weighted by molar-refractivity contribution is 7.15. The molecule has 2 aromatic carbocycles. The van der Waals surface area contributed by atoms with Gasteiger partial charge in [-0.1, -0.05) is 65.5 Å². The summed E-state index contributed by atoms with van der Waals surface area (Å²) in [6.07, 6.45) is 4.44. The second-order valence-electron chi connectivity index (χ2n) is 10.7. The van der Waals surface area contributed by atoms with Crippen molar-refractivity contribution in [1.82, 2.24) is 30.4 Å². The average molecular weight is 597 g/mol. The molecule has 4 aromatic heterocycles. The summed E-state index contributed by atoms with van der Waals surface area (Å²) in [4.78, 5) is 31.9. The van der Waals surface area contributed by atoms with Crippen LogP contribution < -0.4 is 10.6 Å². The van der Waals surface area contributed by atoms with E-state index in [4.69, 9.17) is 0 Å². The van der Waals surface area contributed by atoms with Gasteiger partial charge in [0.05, 0.1) is 12.8 Å². The number of carbonyl (C=O) groups is 2. The van der Waals surface area contributed by atoms with Crippen LogP contribution in [-0.4, -0.2) is 42.2 Å². The maximum Gasteiger partial charge on any atom is 0.232 e. The number of amides is 2. The first kappa shape index (κ1) is 26.5. The quantitative estimate of drug-likeness (QED) is 0.166. The van der Waals surface area contributed by atoms with Gasteiger partial charge in [-0.25, -0.2) is 0 Å². The molecule has 1 aliphatic rings. The SMILES string of the molecule is O=C(Cc1cc2ccccc2[nH]1)Nc1nnc(C2CCC[C@H](c3nnc(NC(=O)Cc4cc5ccccc5[nH]4)s3)C2)s1. The van der Waals surface area contributed by atoms with Crippen LogP contribution in [0.1, 0.15) is 58.9 Å². The molecule has 4 N–H and O–H groups in total. The zero-order chi connectivity index (χ0) is 28.5. The van der Waals surface area contributed by atoms with Crippen molar-refractivity contribution in [2.45, 2.75) is 50.4 Å². The Balaban J connectivity index is 0.937. The van der Waals surface area contributed by atoms with Gasteiger partial charge >= 0.3 is 0 Å². The minimum absolute atomic E-state index is 0.126. The summed E-state index contributed by atoms with van der Waals surface area (Å²) in [6, 6.07) is 19.9. The Hall–Kier alpha value is -4.42. The third kappa shape index (κ3) is 5.81. The Morgan fingerprint density at radius 1 is 0.714 bits per heavy atom. The maximum absolute atomic E-state index is 12.7. The highest BCUT2D eigenvalue weighted by atomic mass is 32.1. The summed E-state index contributed by atoms with van der Waals surface area (Å²) in [5.74, 6) is 0.228. The molecule has 0 saturated heterocycles. The van der Waals surface area contributed by atoms with E-state index in [2.05, 4.69) is 41.0 Å². The summed E-state index contributed by atoms with van der Waals surface area (Å²) >= 11 is 2.88. The molecule has 0 radical (unpaired) electrons. The number of fused-ring (bicyclic) bond motifs is 2. The van der Waals surface area contributed by atoms with Crippen molar-refractivity contribution in [3.63, 3.8) is 0 Å². The maximum atomic E-state index is 12.7. The molecule has 212 valence electrons. The number of hydrogen-bond acceptors (Lipinski definition) is 8. The second kappa shape index (κ2) is 11.5. The molecule has 1 unspecified atom stereocenters. The van der Waals surface area contributed by atoms with Crippen LogP contribution in [0.3, 0.4) is 0 Å². The van der Waals surface area contributed by atoms with E-state index < -0.39 is 0 Å². The topological polar surface area (TPSA) is 141 Å². The first-order valence-electron chi connectivity index (χ1n) is 14.0. The molecule has 2 atom stereocenters. The zero-order valence-corrected chi connectivity index (χ0v) is 24.2. The molecule has 0 aliphatic heterocycles. The van der Waals surface area contributed by atoms with Gasteiger partial charge in [-0.15, -0.1) is 20.4 Å². The van der Waals surface area contributed by atoms with Crippen LogP contribution in [0.4, 0.5) is 10.3 Å². The van der Waals surface area contributed by atoms with Crippen molar-refractivity contribution in [2.24, 2.45) is 0 Å². The van der Waals surface area contributed by atoms with Gasteiger partial charge in [0.2, 0.25) is 22.1 Å². The van der Waals surface area contributed by atoms with E-state index in [9.17, 15) is 9.59 Å². The van der Waals surface area contributed by atoms with E-state index in [1.807, 2.05) is 60.7 Å². The Labute approximate surface area is 249 Å². The van der Waals surface area contributed by atoms with Crippen molar-refractivity contribution < 1.29 is 9.59 Å². The molecule has 10 nitrogen and oxygen atoms in total. The smallest absolute Gasteiger partial charge is 0.232 e. The van der Waals surface area contributed by atoms with E-state index in [-0.39, 0.29) is 36.5 Å². The summed E-state index contributed by atoms with van der Waals surface area (Å²) < 4.78 is 0. The predicted octanol–water partition coefficient (Wildman–Crippen LogP) is 6.16. The van der Waals surface area contributed by atoms with Gasteiger partial charge in [-0.05, 0) is 54.3 Å². The second-order valence-corrected chi connectivity index (χ2v) is 12.7. The first-order valence-corrected chi connectivity index (χ1v) is 15.6. The van der Waals surface area contributed by atoms with Gasteiger partial charge < -0.3 is 20.6 Å². The van der Waals surface area contributed by atoms with Gasteiger partial charge in [0.25, 0.3) is 0 Å². The number of hydrogen-bond donors (Lipinski definition) is 4. The minimum atomic E-state index is -0.126. The number of aromatic amines is 2. The van der Waals surface area contributed by atoms with Gasteiger partial charge in [0, 0.05) is 34.3 Å². The number of para-hydroxylation sites is 2. The molecule has 1 saturated carbocycles. The van der Waals surface area contributed by atoms with E-state index in [1.54, 1.807) is 0 Å². The lowest BCUT2D eigenvalue weighted by atomic mass is 9.82. The van der Waals surface area contributed by atoms with Crippen molar-refractivity contribution in [3.05, 3.63) is 82.1 Å². The molecule has 42 heavy (non-hydrogen) atoms. The zero-order valence-electron chi connectivity index (χ0n) is 22.6. The Morgan fingerprint density at radius 2 is 1.19 bits per heavy atom. The van der Waals surface area contributed by atoms with Crippen LogP contribution in [0.25, 0.3) is 21.8 Å². The van der Waals surface area contributed by atoms with Crippen LogP contribution >= 0.6 is 22.7 Å². The summed E-state index contributed by atoms with van der Waals surface area (Å²) in [5.41, 5.74) is 3.75. The number of anilines is 2. The Bertz CT molecular complexity index is 1690. The molecule has 4 heterocycles. The molecule has 1 aliphatic carbocycles. The molecule has 0 spiro atoms. The lowest BCUT2D eigenvalue weighted by Gasteiger charge is -2.25. The number of H-pyrrole nitrogens is 2. The fourth-order valence-corrected chi connectivity index (χ4v) is 7.48. The number of rotatable bonds is 8. The highest BCUT2D eigenvalue weighted by Crippen LogP contribution is 2.43. The minimum Gasteiger partial charge on any atom is -0.358 e. The molecule has 7 rings (SSSR count). The lowest BCUT2D eigenvalue weighted by molar-refractivity contribution is -0.116. The normalized spacial score (nSPS) is 17.0. The van der Waals surface area contributed by atoms with Crippen molar-refractivity contribution >= 4 is 66.6 Å². The Morgan fingerprint density at radius 3 is 1.67 bits per heavy atom. The van der Waals surface area contributed by atoms with Crippen molar-refractivity contribution in [1.29, 1.82) is 0 Å². The first-order chi connectivity index (χ1) is 20.6. The largest absolute Gasteiger partial charge is 0.358 e. The highest BCUT2D eigenvalue weighted by Gasteiger charge is 2.29. The number of nitrogens with one attached hydrogen (secondary N) is 4. The molecular weight excluding hydrogens is 569 g/mol. The van der Waals surface area contributed by atoms with Gasteiger partial charge in [-0.3, -0.25) is 9.59 Å². The third-order valence-electron chi connectivity index (χ3n) is 7.62. The van der Waals surface area contributed by atoms with Crippen LogP contribution in [0.5, 0.6) is 0 Å². The van der Waals surface area contributed by atoms with E-state index >= 15 is 0 Å². The molecule has 12 heteroatoms. The molecule has 1 fully saturated rings. The third-order valence-corrected chi connectivity index (χ3v) is 9.62. The molecule has 6 aromatic rings. The van der Waals surface area contributed by atoms with Crippen molar-refractivity contribution in [3.8, 4) is 0 Å². The van der Waals surface area contributed by atoms with Crippen LogP contribution in [0.2, 0.25) is 0 Å². The fraction of sp³-hybridized carbons (Fsp3) is 0.267. The predicted molar refractivity (Wildman–Crippen MR) is 165 cm³/mol. The van der Waals surface area contributed by atoms with Crippen molar-refractivity contribution in [2.75, 3.05) is 10.6 Å². The summed E-state index contributed by atoms with van der Waals surface area (Å²) in [6.45, 7) is 0. The number of aromatic nitrogens is 6. The molecular formula is C30H28N8O2S2. The number of nitrogens with zero attached hydrogens (tertiary/aromatic N) is 4. The van der Waals surface area contributed by atoms with Gasteiger partial charge in [0.15, 0.2) is 0 Å². The monoisotopic (exact) mass is 596 g/mol. The van der Waals surface area contributed by atoms with Gasteiger partial charge in [0.1, 0.15) is 10.0 Å². The van der Waals surface area contributed by atoms with Crippen LogP contribution in [-0.2, 0) is 22.4 Å². The van der Waals surface area contributed by atoms with Gasteiger partial charge in [-0.2, -0.15) is 0 Å². The number of carbonyl (C=O) groups excluding carboxylic acids is 2. The average Bonchev–Trinajstić information content (AvgIpc) is 3.79. The van der Waals surface area contributed by atoms with E-state index in [0.29, 0.717) is 10.3 Å². The molecule has 2 amide bonds. The standard InChI is InChI=1S/C30H28N8O2S2/c39-25(15-21-13-17-6-1-3-10-23(17)31-21)33-29-37-35-27(41-29)19-8-5-9-20(12-19)28-36-38-30(42-28)34-26(40)16-22-14-18-7-2-4-11-24(18)32-22/h1-4,6-7,10-11,13-14,19-20,31-32H,5,8-9,12,15-16H2,(H,33,37,39)(H,34,38,40)/t19-,20?/m0/s1. The summed E-state index contributed by atoms with van der Waals surface area (Å²) in [7, 11) is 0. The van der Waals surface area contributed by atoms with Crippen LogP contribution in [0, 0.1) is 0 Å². The van der Waals surface area contributed by atoms with Crippen LogP contribution in [0.15, 0.2) is 60.7 Å².